The number of nitrogens with two attached hydrogens (primary N) is 1. The normalized spacial score (nSPS) is 24.4. The first-order valence-electron chi connectivity index (χ1n) is 10.9. The van der Waals surface area contributed by atoms with Crippen LogP contribution in [-0.4, -0.2) is 48.7 Å². The van der Waals surface area contributed by atoms with Gasteiger partial charge in [0, 0.05) is 48.9 Å². The summed E-state index contributed by atoms with van der Waals surface area (Å²) in [6.45, 7) is 3.99. The van der Waals surface area contributed by atoms with E-state index >= 15 is 4.39 Å². The molecule has 2 bridgehead atoms. The van der Waals surface area contributed by atoms with Gasteiger partial charge in [-0.2, -0.15) is 0 Å². The van der Waals surface area contributed by atoms with Gasteiger partial charge in [0.2, 0.25) is 0 Å². The Labute approximate surface area is 192 Å². The van der Waals surface area contributed by atoms with Crippen LogP contribution < -0.4 is 26.0 Å². The maximum absolute atomic E-state index is 15.1. The molecule has 5 heterocycles. The van der Waals surface area contributed by atoms with E-state index in [-0.39, 0.29) is 17.8 Å². The van der Waals surface area contributed by atoms with E-state index < -0.39 is 0 Å². The Morgan fingerprint density at radius 3 is 2.84 bits per heavy atom. The minimum absolute atomic E-state index is 0.263. The standard InChI is InChI=1S/C22H24FN5O2S2/c1-10-25-22-20(31-10)18(24)19(32-22)21(29)27-13-4-15-16(23)5-14(6-17(15)30-9-13)28-7-11-2-3-12(8-28)26-11/h5-6,11-13,26H,2-4,7-9,24H2,1H3,(H,27,29)/t11?,12?,13-/m1/s1. The molecule has 0 radical (unpaired) electrons. The summed E-state index contributed by atoms with van der Waals surface area (Å²) in [6.07, 6.45) is 2.74. The van der Waals surface area contributed by atoms with Crippen molar-refractivity contribution in [3.63, 3.8) is 0 Å². The van der Waals surface area contributed by atoms with Gasteiger partial charge in [0.15, 0.2) is 0 Å². The number of anilines is 2. The number of ether oxygens (including phenoxy) is 1. The van der Waals surface area contributed by atoms with Gasteiger partial charge in [0.05, 0.1) is 21.4 Å². The number of thiazole rings is 1. The fourth-order valence-electron chi connectivity index (χ4n) is 5.03. The van der Waals surface area contributed by atoms with Crippen molar-refractivity contribution in [3.05, 3.63) is 33.4 Å². The van der Waals surface area contributed by atoms with E-state index in [1.165, 1.54) is 35.5 Å². The van der Waals surface area contributed by atoms with Crippen LogP contribution in [0.25, 0.3) is 9.53 Å². The van der Waals surface area contributed by atoms with Crippen LogP contribution in [0.3, 0.4) is 0 Å². The smallest absolute Gasteiger partial charge is 0.263 e. The van der Waals surface area contributed by atoms with E-state index in [0.29, 0.717) is 47.0 Å². The number of amides is 1. The van der Waals surface area contributed by atoms with Crippen molar-refractivity contribution in [1.29, 1.82) is 0 Å². The molecule has 3 aliphatic heterocycles. The van der Waals surface area contributed by atoms with Crippen molar-refractivity contribution >= 4 is 49.5 Å². The maximum atomic E-state index is 15.1. The minimum atomic E-state index is -0.320. The highest BCUT2D eigenvalue weighted by molar-refractivity contribution is 7.29. The van der Waals surface area contributed by atoms with Gasteiger partial charge < -0.3 is 26.0 Å². The molecule has 3 atom stereocenters. The molecular formula is C22H24FN5O2S2. The maximum Gasteiger partial charge on any atom is 0.263 e. The number of hydrogen-bond donors (Lipinski definition) is 3. The summed E-state index contributed by atoms with van der Waals surface area (Å²) < 4.78 is 21.8. The van der Waals surface area contributed by atoms with Gasteiger partial charge in [-0.25, -0.2) is 9.37 Å². The molecular weight excluding hydrogens is 449 g/mol. The van der Waals surface area contributed by atoms with Crippen LogP contribution in [0.4, 0.5) is 15.8 Å². The van der Waals surface area contributed by atoms with E-state index in [4.69, 9.17) is 10.5 Å². The molecule has 7 nitrogen and oxygen atoms in total. The number of carbonyl (C=O) groups is 1. The van der Waals surface area contributed by atoms with Crippen molar-refractivity contribution in [3.8, 4) is 5.75 Å². The number of aromatic nitrogens is 1. The lowest BCUT2D eigenvalue weighted by Gasteiger charge is -2.35. The molecule has 0 saturated carbocycles. The van der Waals surface area contributed by atoms with Crippen LogP contribution >= 0.6 is 22.7 Å². The third-order valence-corrected chi connectivity index (χ3v) is 8.78. The second-order valence-corrected chi connectivity index (χ2v) is 11.0. The second-order valence-electron chi connectivity index (χ2n) is 8.84. The topological polar surface area (TPSA) is 92.5 Å². The van der Waals surface area contributed by atoms with Gasteiger partial charge in [-0.3, -0.25) is 4.79 Å². The Balaban J connectivity index is 1.18. The summed E-state index contributed by atoms with van der Waals surface area (Å²) in [7, 11) is 0. The van der Waals surface area contributed by atoms with E-state index in [9.17, 15) is 4.79 Å². The molecule has 2 aromatic heterocycles. The van der Waals surface area contributed by atoms with Gasteiger partial charge in [-0.15, -0.1) is 22.7 Å². The highest BCUT2D eigenvalue weighted by Gasteiger charge is 2.33. The van der Waals surface area contributed by atoms with E-state index in [0.717, 1.165) is 33.3 Å². The Morgan fingerprint density at radius 2 is 2.09 bits per heavy atom. The van der Waals surface area contributed by atoms with Crippen LogP contribution in [0.2, 0.25) is 0 Å². The number of nitrogens with zero attached hydrogens (tertiary/aromatic N) is 2. The van der Waals surface area contributed by atoms with Crippen molar-refractivity contribution < 1.29 is 13.9 Å². The van der Waals surface area contributed by atoms with Gasteiger partial charge in [0.1, 0.15) is 27.9 Å². The predicted molar refractivity (Wildman–Crippen MR) is 126 cm³/mol. The first-order valence-corrected chi connectivity index (χ1v) is 12.5. The molecule has 6 rings (SSSR count). The predicted octanol–water partition coefficient (Wildman–Crippen LogP) is 3.06. The lowest BCUT2D eigenvalue weighted by atomic mass is 10.0. The molecule has 10 heteroatoms. The summed E-state index contributed by atoms with van der Waals surface area (Å²) in [5, 5.41) is 7.49. The molecule has 3 aromatic rings. The Morgan fingerprint density at radius 1 is 1.31 bits per heavy atom. The molecule has 2 fully saturated rings. The molecule has 168 valence electrons. The quantitative estimate of drug-likeness (QED) is 0.542. The molecule has 32 heavy (non-hydrogen) atoms. The van der Waals surface area contributed by atoms with Crippen molar-refractivity contribution in [2.24, 2.45) is 0 Å². The van der Waals surface area contributed by atoms with Crippen molar-refractivity contribution in [2.45, 2.75) is 44.3 Å². The third-order valence-electron chi connectivity index (χ3n) is 6.54. The van der Waals surface area contributed by atoms with Crippen molar-refractivity contribution in [2.75, 3.05) is 30.3 Å². The zero-order valence-corrected chi connectivity index (χ0v) is 19.2. The number of benzene rings is 1. The van der Waals surface area contributed by atoms with Crippen LogP contribution in [0.1, 0.15) is 33.1 Å². The Kier molecular flexibility index (Phi) is 4.78. The third kappa shape index (κ3) is 3.41. The number of piperazine rings is 1. The summed E-state index contributed by atoms with van der Waals surface area (Å²) >= 11 is 2.77. The zero-order valence-electron chi connectivity index (χ0n) is 17.6. The number of nitrogens with one attached hydrogen (secondary N) is 2. The van der Waals surface area contributed by atoms with Crippen LogP contribution in [0.15, 0.2) is 12.1 Å². The number of thiophene rings is 1. The summed E-state index contributed by atoms with van der Waals surface area (Å²) in [5.74, 6) is 0.0334. The number of rotatable bonds is 3. The lowest BCUT2D eigenvalue weighted by Crippen LogP contribution is -2.51. The van der Waals surface area contributed by atoms with E-state index in [1.54, 1.807) is 6.07 Å². The lowest BCUT2D eigenvalue weighted by molar-refractivity contribution is 0.0919. The van der Waals surface area contributed by atoms with Gasteiger partial charge in [-0.05, 0) is 25.8 Å². The SMILES string of the molecule is Cc1nc2sc(C(=O)N[C@H]3COc4cc(N5CC6CCC(C5)N6)cc(F)c4C3)c(N)c2s1. The molecule has 1 aromatic carbocycles. The first-order chi connectivity index (χ1) is 15.4. The van der Waals surface area contributed by atoms with Gasteiger partial charge in [0.25, 0.3) is 5.91 Å². The van der Waals surface area contributed by atoms with Crippen LogP contribution in [0, 0.1) is 12.7 Å². The summed E-state index contributed by atoms with van der Waals surface area (Å²) in [6, 6.07) is 4.19. The summed E-state index contributed by atoms with van der Waals surface area (Å²) in [5.41, 5.74) is 8.04. The highest BCUT2D eigenvalue weighted by Crippen LogP contribution is 2.38. The van der Waals surface area contributed by atoms with E-state index in [1.807, 2.05) is 13.0 Å². The number of nitrogen functional groups attached to an aromatic ring is 1. The van der Waals surface area contributed by atoms with Gasteiger partial charge in [-0.1, -0.05) is 0 Å². The average Bonchev–Trinajstić information content (AvgIpc) is 3.41. The molecule has 4 N–H and O–H groups in total. The van der Waals surface area contributed by atoms with Crippen LogP contribution in [-0.2, 0) is 6.42 Å². The number of hydrogen-bond acceptors (Lipinski definition) is 8. The van der Waals surface area contributed by atoms with Crippen molar-refractivity contribution in [1.82, 2.24) is 15.6 Å². The molecule has 2 saturated heterocycles. The molecule has 0 spiro atoms. The fourth-order valence-corrected chi connectivity index (χ4v) is 7.12. The number of fused-ring (bicyclic) bond motifs is 4. The Bertz CT molecular complexity index is 1210. The number of aryl methyl sites for hydroxylation is 1. The fraction of sp³-hybridized carbons (Fsp3) is 0.455. The van der Waals surface area contributed by atoms with E-state index in [2.05, 4.69) is 20.5 Å². The van der Waals surface area contributed by atoms with Crippen LogP contribution in [0.5, 0.6) is 5.75 Å². The second kappa shape index (κ2) is 7.57. The number of carbonyl (C=O) groups excluding carboxylic acids is 1. The first kappa shape index (κ1) is 20.2. The monoisotopic (exact) mass is 473 g/mol. The molecule has 2 unspecified atom stereocenters. The highest BCUT2D eigenvalue weighted by atomic mass is 32.1. The average molecular weight is 474 g/mol. The largest absolute Gasteiger partial charge is 0.491 e. The Hall–Kier alpha value is -2.43. The number of halogens is 1. The van der Waals surface area contributed by atoms with Gasteiger partial charge >= 0.3 is 0 Å². The molecule has 0 aliphatic carbocycles. The minimum Gasteiger partial charge on any atom is -0.491 e. The zero-order chi connectivity index (χ0) is 22.0. The molecule has 3 aliphatic rings. The molecule has 1 amide bonds. The summed E-state index contributed by atoms with van der Waals surface area (Å²) in [4.78, 5) is 20.7.